The van der Waals surface area contributed by atoms with Crippen molar-refractivity contribution in [3.63, 3.8) is 0 Å². The minimum Gasteiger partial charge on any atom is -0.390 e. The van der Waals surface area contributed by atoms with E-state index in [9.17, 15) is 5.11 Å². The molecule has 13 heavy (non-hydrogen) atoms. The van der Waals surface area contributed by atoms with E-state index >= 15 is 0 Å². The Morgan fingerprint density at radius 3 is 2.31 bits per heavy atom. The normalized spacial score (nSPS) is 42.2. The Morgan fingerprint density at radius 2 is 1.92 bits per heavy atom. The standard InChI is InChI=1S/C10H20O3/c1-6-7(2)13-8(3)10(6)9(11)5-12-4/h6-11H,5H2,1-4H3. The van der Waals surface area contributed by atoms with E-state index in [1.54, 1.807) is 7.11 Å². The average molecular weight is 188 g/mol. The zero-order chi connectivity index (χ0) is 10.0. The van der Waals surface area contributed by atoms with Crippen molar-refractivity contribution < 1.29 is 14.6 Å². The van der Waals surface area contributed by atoms with Crippen molar-refractivity contribution in [2.75, 3.05) is 13.7 Å². The highest BCUT2D eigenvalue weighted by molar-refractivity contribution is 4.88. The van der Waals surface area contributed by atoms with Crippen LogP contribution >= 0.6 is 0 Å². The van der Waals surface area contributed by atoms with Gasteiger partial charge in [0.05, 0.1) is 24.9 Å². The molecule has 3 nitrogen and oxygen atoms in total. The zero-order valence-electron chi connectivity index (χ0n) is 8.86. The summed E-state index contributed by atoms with van der Waals surface area (Å²) in [5.74, 6) is 0.607. The van der Waals surface area contributed by atoms with Gasteiger partial charge in [-0.3, -0.25) is 0 Å². The SMILES string of the molecule is COCC(O)C1C(C)OC(C)C1C. The predicted molar refractivity (Wildman–Crippen MR) is 50.5 cm³/mol. The highest BCUT2D eigenvalue weighted by atomic mass is 16.5. The quantitative estimate of drug-likeness (QED) is 0.719. The molecular weight excluding hydrogens is 168 g/mol. The van der Waals surface area contributed by atoms with Crippen molar-refractivity contribution in [3.8, 4) is 0 Å². The highest BCUT2D eigenvalue weighted by Gasteiger charge is 2.40. The van der Waals surface area contributed by atoms with Crippen LogP contribution in [-0.2, 0) is 9.47 Å². The van der Waals surface area contributed by atoms with Gasteiger partial charge in [-0.15, -0.1) is 0 Å². The second kappa shape index (κ2) is 4.40. The summed E-state index contributed by atoms with van der Waals surface area (Å²) in [6.07, 6.45) is -0.0263. The first-order chi connectivity index (χ1) is 6.07. The summed E-state index contributed by atoms with van der Waals surface area (Å²) < 4.78 is 10.6. The van der Waals surface area contributed by atoms with Gasteiger partial charge in [0.2, 0.25) is 0 Å². The predicted octanol–water partition coefficient (Wildman–Crippen LogP) is 1.05. The summed E-state index contributed by atoms with van der Waals surface area (Å²) in [6, 6.07) is 0. The third-order valence-electron chi connectivity index (χ3n) is 3.10. The molecule has 78 valence electrons. The molecule has 0 aromatic heterocycles. The fraction of sp³-hybridized carbons (Fsp3) is 1.00. The van der Waals surface area contributed by atoms with E-state index in [2.05, 4.69) is 13.8 Å². The van der Waals surface area contributed by atoms with Crippen LogP contribution in [0.5, 0.6) is 0 Å². The van der Waals surface area contributed by atoms with E-state index in [1.807, 2.05) is 6.92 Å². The highest BCUT2D eigenvalue weighted by Crippen LogP contribution is 2.34. The van der Waals surface area contributed by atoms with Crippen molar-refractivity contribution in [1.29, 1.82) is 0 Å². The first-order valence-corrected chi connectivity index (χ1v) is 4.90. The van der Waals surface area contributed by atoms with Crippen LogP contribution in [0.25, 0.3) is 0 Å². The minimum absolute atomic E-state index is 0.134. The molecule has 3 heteroatoms. The molecule has 5 unspecified atom stereocenters. The zero-order valence-corrected chi connectivity index (χ0v) is 8.86. The van der Waals surface area contributed by atoms with Crippen molar-refractivity contribution in [1.82, 2.24) is 0 Å². The molecule has 0 saturated carbocycles. The Morgan fingerprint density at radius 1 is 1.31 bits per heavy atom. The Balaban J connectivity index is 2.56. The number of aliphatic hydroxyl groups excluding tert-OH is 1. The number of hydrogen-bond donors (Lipinski definition) is 1. The molecule has 1 fully saturated rings. The number of hydrogen-bond acceptors (Lipinski definition) is 3. The molecule has 0 aromatic rings. The minimum atomic E-state index is -0.403. The smallest absolute Gasteiger partial charge is 0.0829 e. The van der Waals surface area contributed by atoms with Crippen molar-refractivity contribution in [2.45, 2.75) is 39.1 Å². The molecule has 1 rings (SSSR count). The Bertz CT molecular complexity index is 160. The molecule has 1 aliphatic rings. The van der Waals surface area contributed by atoms with Crippen LogP contribution in [0.2, 0.25) is 0 Å². The summed E-state index contributed by atoms with van der Waals surface area (Å²) in [4.78, 5) is 0. The van der Waals surface area contributed by atoms with E-state index in [4.69, 9.17) is 9.47 Å². The third kappa shape index (κ3) is 2.22. The Kier molecular flexibility index (Phi) is 3.71. The van der Waals surface area contributed by atoms with E-state index < -0.39 is 6.10 Å². The van der Waals surface area contributed by atoms with Crippen LogP contribution in [0.1, 0.15) is 20.8 Å². The van der Waals surface area contributed by atoms with Gasteiger partial charge in [0, 0.05) is 13.0 Å². The summed E-state index contributed by atoms with van der Waals surface area (Å²) in [5, 5.41) is 9.80. The molecule has 0 radical (unpaired) electrons. The maximum atomic E-state index is 9.80. The topological polar surface area (TPSA) is 38.7 Å². The van der Waals surface area contributed by atoms with Gasteiger partial charge in [0.15, 0.2) is 0 Å². The van der Waals surface area contributed by atoms with Gasteiger partial charge in [0.25, 0.3) is 0 Å². The van der Waals surface area contributed by atoms with Gasteiger partial charge in [-0.1, -0.05) is 6.92 Å². The third-order valence-corrected chi connectivity index (χ3v) is 3.10. The summed E-state index contributed by atoms with van der Waals surface area (Å²) in [5.41, 5.74) is 0. The molecule has 1 saturated heterocycles. The van der Waals surface area contributed by atoms with E-state index in [-0.39, 0.29) is 18.1 Å². The van der Waals surface area contributed by atoms with Crippen LogP contribution in [0.3, 0.4) is 0 Å². The van der Waals surface area contributed by atoms with Gasteiger partial charge in [-0.05, 0) is 19.8 Å². The molecule has 0 spiro atoms. The molecule has 1 heterocycles. The lowest BCUT2D eigenvalue weighted by Gasteiger charge is -2.23. The summed E-state index contributed by atoms with van der Waals surface area (Å²) in [6.45, 7) is 6.59. The lowest BCUT2D eigenvalue weighted by molar-refractivity contribution is -0.0107. The number of aliphatic hydroxyl groups is 1. The van der Waals surface area contributed by atoms with Gasteiger partial charge < -0.3 is 14.6 Å². The second-order valence-corrected chi connectivity index (χ2v) is 4.01. The Labute approximate surface area is 80.0 Å². The van der Waals surface area contributed by atoms with Crippen molar-refractivity contribution in [3.05, 3.63) is 0 Å². The van der Waals surface area contributed by atoms with Gasteiger partial charge in [0.1, 0.15) is 0 Å². The first-order valence-electron chi connectivity index (χ1n) is 4.90. The van der Waals surface area contributed by atoms with Gasteiger partial charge in [-0.25, -0.2) is 0 Å². The molecule has 0 aliphatic carbocycles. The van der Waals surface area contributed by atoms with Gasteiger partial charge >= 0.3 is 0 Å². The van der Waals surface area contributed by atoms with Crippen LogP contribution < -0.4 is 0 Å². The molecule has 0 aromatic carbocycles. The Hall–Kier alpha value is -0.120. The van der Waals surface area contributed by atoms with E-state index in [0.29, 0.717) is 12.5 Å². The van der Waals surface area contributed by atoms with Crippen LogP contribution in [-0.4, -0.2) is 37.1 Å². The second-order valence-electron chi connectivity index (χ2n) is 4.01. The molecule has 0 bridgehead atoms. The number of methoxy groups -OCH3 is 1. The lowest BCUT2D eigenvalue weighted by Crippen LogP contribution is -2.33. The fourth-order valence-electron chi connectivity index (χ4n) is 2.24. The van der Waals surface area contributed by atoms with E-state index in [1.165, 1.54) is 0 Å². The maximum Gasteiger partial charge on any atom is 0.0829 e. The largest absolute Gasteiger partial charge is 0.390 e. The van der Waals surface area contributed by atoms with Crippen LogP contribution in [0.15, 0.2) is 0 Å². The van der Waals surface area contributed by atoms with Crippen LogP contribution in [0.4, 0.5) is 0 Å². The molecule has 5 atom stereocenters. The fourth-order valence-corrected chi connectivity index (χ4v) is 2.24. The molecular formula is C10H20O3. The summed E-state index contributed by atoms with van der Waals surface area (Å²) in [7, 11) is 1.61. The summed E-state index contributed by atoms with van der Waals surface area (Å²) >= 11 is 0. The van der Waals surface area contributed by atoms with Crippen LogP contribution in [0, 0.1) is 11.8 Å². The first kappa shape index (κ1) is 11.0. The lowest BCUT2D eigenvalue weighted by atomic mass is 9.85. The molecule has 1 N–H and O–H groups in total. The molecule has 1 aliphatic heterocycles. The molecule has 0 amide bonds. The average Bonchev–Trinajstić information content (AvgIpc) is 2.27. The van der Waals surface area contributed by atoms with Crippen molar-refractivity contribution >= 4 is 0 Å². The maximum absolute atomic E-state index is 9.80. The van der Waals surface area contributed by atoms with Gasteiger partial charge in [-0.2, -0.15) is 0 Å². The van der Waals surface area contributed by atoms with E-state index in [0.717, 1.165) is 0 Å². The van der Waals surface area contributed by atoms with Crippen molar-refractivity contribution in [2.24, 2.45) is 11.8 Å². The number of ether oxygens (including phenoxy) is 2. The number of rotatable bonds is 3. The monoisotopic (exact) mass is 188 g/mol.